The smallest absolute Gasteiger partial charge is 0.148 e. The first kappa shape index (κ1) is 13.3. The molecule has 0 aliphatic carbocycles. The van der Waals surface area contributed by atoms with E-state index in [1.165, 1.54) is 0 Å². The molecule has 0 saturated heterocycles. The summed E-state index contributed by atoms with van der Waals surface area (Å²) < 4.78 is 7.25. The minimum Gasteiger partial charge on any atom is -0.494 e. The predicted octanol–water partition coefficient (Wildman–Crippen LogP) is 2.57. The van der Waals surface area contributed by atoms with Gasteiger partial charge < -0.3 is 4.74 Å². The molecule has 3 rings (SSSR count). The fourth-order valence-electron chi connectivity index (χ4n) is 2.26. The minimum absolute atomic E-state index is 0.673. The number of methoxy groups -OCH3 is 1. The number of aromatic nitrogens is 4. The van der Waals surface area contributed by atoms with E-state index in [1.807, 2.05) is 54.2 Å². The first-order chi connectivity index (χ1) is 10.3. The fourth-order valence-corrected chi connectivity index (χ4v) is 2.26. The second kappa shape index (κ2) is 5.75. The summed E-state index contributed by atoms with van der Waals surface area (Å²) in [7, 11) is 1.66. The van der Waals surface area contributed by atoms with Gasteiger partial charge in [0.15, 0.2) is 0 Å². The Kier molecular flexibility index (Phi) is 3.64. The van der Waals surface area contributed by atoms with Crippen molar-refractivity contribution in [1.82, 2.24) is 19.7 Å². The van der Waals surface area contributed by atoms with Crippen molar-refractivity contribution in [3.63, 3.8) is 0 Å². The average molecular weight is 280 g/mol. The van der Waals surface area contributed by atoms with Crippen molar-refractivity contribution in [2.24, 2.45) is 0 Å². The number of benzene rings is 1. The summed E-state index contributed by atoms with van der Waals surface area (Å²) in [5.41, 5.74) is 1.99. The lowest BCUT2D eigenvalue weighted by atomic mass is 10.2. The fraction of sp³-hybridized carbons (Fsp3) is 0.188. The number of hydrogen-bond acceptors (Lipinski definition) is 4. The van der Waals surface area contributed by atoms with Gasteiger partial charge >= 0.3 is 0 Å². The van der Waals surface area contributed by atoms with Gasteiger partial charge in [-0.3, -0.25) is 4.98 Å². The van der Waals surface area contributed by atoms with Gasteiger partial charge in [-0.15, -0.1) is 0 Å². The first-order valence-corrected chi connectivity index (χ1v) is 6.73. The molecule has 0 aliphatic heterocycles. The molecule has 0 amide bonds. The van der Waals surface area contributed by atoms with Gasteiger partial charge in [-0.2, -0.15) is 5.10 Å². The molecule has 0 aliphatic rings. The van der Waals surface area contributed by atoms with E-state index in [-0.39, 0.29) is 0 Å². The van der Waals surface area contributed by atoms with Crippen molar-refractivity contribution in [2.75, 3.05) is 7.11 Å². The summed E-state index contributed by atoms with van der Waals surface area (Å²) >= 11 is 0. The zero-order chi connectivity index (χ0) is 14.7. The van der Waals surface area contributed by atoms with Gasteiger partial charge in [0.1, 0.15) is 23.1 Å². The van der Waals surface area contributed by atoms with Crippen LogP contribution in [0.25, 0.3) is 5.69 Å². The van der Waals surface area contributed by atoms with Crippen molar-refractivity contribution in [3.8, 4) is 11.4 Å². The maximum absolute atomic E-state index is 5.41. The summed E-state index contributed by atoms with van der Waals surface area (Å²) in [5.74, 6) is 2.37. The van der Waals surface area contributed by atoms with E-state index in [9.17, 15) is 0 Å². The van der Waals surface area contributed by atoms with Crippen LogP contribution in [-0.2, 0) is 6.42 Å². The van der Waals surface area contributed by atoms with E-state index >= 15 is 0 Å². The van der Waals surface area contributed by atoms with Crippen LogP contribution >= 0.6 is 0 Å². The Hall–Kier alpha value is -2.69. The van der Waals surface area contributed by atoms with Gasteiger partial charge in [0, 0.05) is 18.8 Å². The second-order valence-corrected chi connectivity index (χ2v) is 4.70. The zero-order valence-corrected chi connectivity index (χ0v) is 12.0. The van der Waals surface area contributed by atoms with E-state index < -0.39 is 0 Å². The highest BCUT2D eigenvalue weighted by molar-refractivity contribution is 5.46. The van der Waals surface area contributed by atoms with Crippen LogP contribution in [0.4, 0.5) is 0 Å². The van der Waals surface area contributed by atoms with Gasteiger partial charge in [0.25, 0.3) is 0 Å². The molecular weight excluding hydrogens is 264 g/mol. The quantitative estimate of drug-likeness (QED) is 0.737. The molecule has 3 aromatic rings. The molecule has 1 aromatic carbocycles. The Morgan fingerprint density at radius 2 is 2.00 bits per heavy atom. The van der Waals surface area contributed by atoms with Crippen LogP contribution in [0.15, 0.2) is 48.8 Å². The lowest BCUT2D eigenvalue weighted by Gasteiger charge is -2.10. The summed E-state index contributed by atoms with van der Waals surface area (Å²) in [6.07, 6.45) is 4.28. The van der Waals surface area contributed by atoms with Gasteiger partial charge in [0.2, 0.25) is 0 Å². The van der Waals surface area contributed by atoms with Gasteiger partial charge in [-0.25, -0.2) is 9.67 Å². The van der Waals surface area contributed by atoms with Gasteiger partial charge in [0.05, 0.1) is 7.11 Å². The van der Waals surface area contributed by atoms with Crippen LogP contribution in [0.1, 0.15) is 17.2 Å². The topological polar surface area (TPSA) is 52.8 Å². The van der Waals surface area contributed by atoms with Crippen LogP contribution in [0, 0.1) is 6.92 Å². The number of ether oxygens (including phenoxy) is 1. The van der Waals surface area contributed by atoms with E-state index in [0.717, 1.165) is 28.6 Å². The zero-order valence-electron chi connectivity index (χ0n) is 12.0. The third-order valence-corrected chi connectivity index (χ3v) is 3.18. The molecule has 0 N–H and O–H groups in total. The molecule has 0 unspecified atom stereocenters. The van der Waals surface area contributed by atoms with Crippen LogP contribution in [-0.4, -0.2) is 26.9 Å². The summed E-state index contributed by atoms with van der Waals surface area (Å²) in [5, 5.41) is 4.49. The highest BCUT2D eigenvalue weighted by Crippen LogP contribution is 2.23. The highest BCUT2D eigenvalue weighted by atomic mass is 16.5. The molecule has 0 atom stereocenters. The standard InChI is InChI=1S/C16H16N4O/c1-12-18-16(10-13-6-5-9-17-11-13)20(19-12)14-7-3-4-8-15(14)21-2/h3-9,11H,10H2,1-2H3. The Morgan fingerprint density at radius 3 is 2.76 bits per heavy atom. The minimum atomic E-state index is 0.673. The van der Waals surface area contributed by atoms with Crippen LogP contribution in [0.5, 0.6) is 5.75 Å². The molecule has 106 valence electrons. The predicted molar refractivity (Wildman–Crippen MR) is 79.7 cm³/mol. The first-order valence-electron chi connectivity index (χ1n) is 6.73. The molecule has 2 heterocycles. The molecule has 5 nitrogen and oxygen atoms in total. The molecule has 5 heteroatoms. The number of rotatable bonds is 4. The van der Waals surface area contributed by atoms with Crippen molar-refractivity contribution in [3.05, 3.63) is 66.0 Å². The number of hydrogen-bond donors (Lipinski definition) is 0. The van der Waals surface area contributed by atoms with E-state index in [1.54, 1.807) is 13.3 Å². The Morgan fingerprint density at radius 1 is 1.14 bits per heavy atom. The number of para-hydroxylation sites is 2. The van der Waals surface area contributed by atoms with E-state index in [0.29, 0.717) is 6.42 Å². The summed E-state index contributed by atoms with van der Waals surface area (Å²) in [6.45, 7) is 1.89. The van der Waals surface area contributed by atoms with Gasteiger partial charge in [-0.05, 0) is 30.7 Å². The van der Waals surface area contributed by atoms with Crippen LogP contribution < -0.4 is 4.74 Å². The Bertz CT molecular complexity index is 737. The largest absolute Gasteiger partial charge is 0.494 e. The van der Waals surface area contributed by atoms with Crippen molar-refractivity contribution < 1.29 is 4.74 Å². The number of nitrogens with zero attached hydrogens (tertiary/aromatic N) is 4. The second-order valence-electron chi connectivity index (χ2n) is 4.70. The van der Waals surface area contributed by atoms with Crippen molar-refractivity contribution >= 4 is 0 Å². The molecule has 0 fully saturated rings. The van der Waals surface area contributed by atoms with Gasteiger partial charge in [-0.1, -0.05) is 18.2 Å². The maximum Gasteiger partial charge on any atom is 0.148 e. The normalized spacial score (nSPS) is 10.6. The van der Waals surface area contributed by atoms with Crippen molar-refractivity contribution in [2.45, 2.75) is 13.3 Å². The number of pyridine rings is 1. The van der Waals surface area contributed by atoms with E-state index in [4.69, 9.17) is 4.74 Å². The molecule has 0 bridgehead atoms. The monoisotopic (exact) mass is 280 g/mol. The lowest BCUT2D eigenvalue weighted by molar-refractivity contribution is 0.411. The molecule has 0 spiro atoms. The third-order valence-electron chi connectivity index (χ3n) is 3.18. The third kappa shape index (κ3) is 2.76. The number of aryl methyl sites for hydroxylation is 1. The molecular formula is C16H16N4O. The molecule has 21 heavy (non-hydrogen) atoms. The Labute approximate surface area is 123 Å². The summed E-state index contributed by atoms with van der Waals surface area (Å²) in [6, 6.07) is 11.7. The lowest BCUT2D eigenvalue weighted by Crippen LogP contribution is -2.05. The average Bonchev–Trinajstić information content (AvgIpc) is 2.88. The maximum atomic E-state index is 5.41. The SMILES string of the molecule is COc1ccccc1-n1nc(C)nc1Cc1cccnc1. The molecule has 0 radical (unpaired) electrons. The molecule has 2 aromatic heterocycles. The summed E-state index contributed by atoms with van der Waals surface area (Å²) in [4.78, 5) is 8.67. The van der Waals surface area contributed by atoms with Crippen molar-refractivity contribution in [1.29, 1.82) is 0 Å². The van der Waals surface area contributed by atoms with Crippen LogP contribution in [0.3, 0.4) is 0 Å². The van der Waals surface area contributed by atoms with Crippen LogP contribution in [0.2, 0.25) is 0 Å². The Balaban J connectivity index is 2.03. The van der Waals surface area contributed by atoms with E-state index in [2.05, 4.69) is 15.1 Å². The highest BCUT2D eigenvalue weighted by Gasteiger charge is 2.13. The molecule has 0 saturated carbocycles.